The molecule has 0 aliphatic heterocycles. The van der Waals surface area contributed by atoms with E-state index < -0.39 is 0 Å². The zero-order chi connectivity index (χ0) is 37.1. The second kappa shape index (κ2) is 58.1. The molecule has 0 N–H and O–H groups in total. The largest absolute Gasteiger partial charge is 2.00 e. The minimum absolute atomic E-state index is 0. The Balaban J connectivity index is -0.0000000429. The first-order chi connectivity index (χ1) is 22.0. The summed E-state index contributed by atoms with van der Waals surface area (Å²) in [5.74, 6) is -0.898. The van der Waals surface area contributed by atoms with Crippen LogP contribution in [-0.4, -0.2) is 47.5 Å². The first-order valence-electron chi connectivity index (χ1n) is 16.4. The van der Waals surface area contributed by atoms with Crippen molar-refractivity contribution in [3.63, 3.8) is 0 Å². The van der Waals surface area contributed by atoms with Crippen LogP contribution in [0.3, 0.4) is 0 Å². The van der Waals surface area contributed by atoms with E-state index in [9.17, 15) is 19.2 Å². The van der Waals surface area contributed by atoms with Gasteiger partial charge in [-0.2, -0.15) is 0 Å². The summed E-state index contributed by atoms with van der Waals surface area (Å²) in [4.78, 5) is 43.3. The van der Waals surface area contributed by atoms with Gasteiger partial charge in [0, 0.05) is 83.9 Å². The Hall–Kier alpha value is -2.26. The molecule has 4 aromatic rings. The van der Waals surface area contributed by atoms with Crippen molar-refractivity contribution in [2.45, 2.75) is 104 Å². The molecule has 4 amide bonds. The van der Waals surface area contributed by atoms with Crippen LogP contribution < -0.4 is 0 Å². The zero-order valence-electron chi connectivity index (χ0n) is 35.0. The van der Waals surface area contributed by atoms with Crippen molar-refractivity contribution < 1.29 is 82.4 Å². The van der Waals surface area contributed by atoms with E-state index in [0.29, 0.717) is 0 Å². The molecule has 0 fully saturated rings. The number of amides is 4. The molecule has 0 radical (unpaired) electrons. The van der Waals surface area contributed by atoms with Gasteiger partial charge in [-0.3, -0.25) is 29.0 Å². The maximum Gasteiger partial charge on any atom is 2.00 e. The van der Waals surface area contributed by atoms with Crippen molar-refractivity contribution >= 4 is 45.2 Å². The first kappa shape index (κ1) is 78.7. The third-order valence-electron chi connectivity index (χ3n) is 5.21. The fourth-order valence-corrected chi connectivity index (χ4v) is 2.71. The predicted octanol–water partition coefficient (Wildman–Crippen LogP) is 12.4. The van der Waals surface area contributed by atoms with Gasteiger partial charge in [-0.05, 0) is 21.5 Å². The standard InChI is InChI=1S/2C10H8.2C5H9NO2.5C2H6.CH4.2CH3.3W/c2*1-2-6-10-8-4-3-7-9(10)5-1;2*1-4(7)6(3)5(2)8;5*1-2;;;;;;/h2*1-8H;2*1-3H3;5*1-2H3;1H4;2*1H3;;;/q;;;;;;;;;;2*-1;;;+2. The molecule has 52 heavy (non-hydrogen) atoms. The van der Waals surface area contributed by atoms with Crippen LogP contribution in [0.1, 0.15) is 104 Å². The fourth-order valence-electron chi connectivity index (χ4n) is 2.71. The summed E-state index contributed by atoms with van der Waals surface area (Å²) < 4.78 is 0. The molecule has 0 aromatic heterocycles. The van der Waals surface area contributed by atoms with E-state index >= 15 is 0 Å². The topological polar surface area (TPSA) is 74.8 Å². The van der Waals surface area contributed by atoms with Crippen molar-refractivity contribution in [2.24, 2.45) is 0 Å². The second-order valence-electron chi connectivity index (χ2n) is 7.89. The number of benzene rings is 4. The molecule has 0 saturated heterocycles. The summed E-state index contributed by atoms with van der Waals surface area (Å²) in [5, 5.41) is 5.24. The van der Waals surface area contributed by atoms with E-state index in [1.165, 1.54) is 63.3 Å². The molecule has 4 rings (SSSR count). The van der Waals surface area contributed by atoms with Crippen molar-refractivity contribution in [3.8, 4) is 0 Å². The number of nitrogens with zero attached hydrogens (tertiary/aromatic N) is 2. The molecule has 0 spiro atoms. The van der Waals surface area contributed by atoms with Crippen LogP contribution in [0.5, 0.6) is 0 Å². The first-order valence-corrected chi connectivity index (χ1v) is 16.4. The maximum absolute atomic E-state index is 10.3. The summed E-state index contributed by atoms with van der Waals surface area (Å²) in [7, 11) is 2.90. The summed E-state index contributed by atoms with van der Waals surface area (Å²) >= 11 is 0. The van der Waals surface area contributed by atoms with Crippen LogP contribution in [0.25, 0.3) is 21.5 Å². The molecule has 0 saturated carbocycles. The Labute approximate surface area is 365 Å². The van der Waals surface area contributed by atoms with Gasteiger partial charge in [-0.1, -0.05) is 174 Å². The Kier molecular flexibility index (Phi) is 87.9. The third-order valence-corrected chi connectivity index (χ3v) is 5.21. The molecule has 6 nitrogen and oxygen atoms in total. The van der Waals surface area contributed by atoms with Gasteiger partial charge < -0.3 is 14.9 Å². The van der Waals surface area contributed by atoms with E-state index in [4.69, 9.17) is 0 Å². The van der Waals surface area contributed by atoms with Crippen LogP contribution in [0, 0.1) is 14.9 Å². The van der Waals surface area contributed by atoms with E-state index in [0.717, 1.165) is 9.80 Å². The fraction of sp³-hybridized carbons (Fsp3) is 0.395. The smallest absolute Gasteiger partial charge is 0.358 e. The normalized spacial score (nSPS) is 7.00. The molecule has 0 aliphatic rings. The van der Waals surface area contributed by atoms with Gasteiger partial charge in [-0.15, -0.1) is 0 Å². The average molecular weight is 1230 g/mol. The zero-order valence-corrected chi connectivity index (χ0v) is 43.8. The van der Waals surface area contributed by atoms with Gasteiger partial charge in [0.15, 0.2) is 0 Å². The Morgan fingerprint density at radius 2 is 0.462 bits per heavy atom. The minimum atomic E-state index is -0.225. The molecular weight excluding hydrogens is 1160 g/mol. The van der Waals surface area contributed by atoms with Crippen molar-refractivity contribution in [1.82, 2.24) is 9.80 Å². The van der Waals surface area contributed by atoms with Gasteiger partial charge in [0.1, 0.15) is 0 Å². The Morgan fingerprint density at radius 1 is 0.365 bits per heavy atom. The van der Waals surface area contributed by atoms with E-state index in [-0.39, 0.29) is 109 Å². The number of rotatable bonds is 0. The summed E-state index contributed by atoms with van der Waals surface area (Å²) in [6.45, 7) is 25.4. The van der Waals surface area contributed by atoms with Crippen LogP contribution in [0.15, 0.2) is 97.1 Å². The molecule has 298 valence electrons. The number of fused-ring (bicyclic) bond motifs is 2. The minimum Gasteiger partial charge on any atom is -0.358 e. The summed E-state index contributed by atoms with van der Waals surface area (Å²) in [5.41, 5.74) is 0. The monoisotopic (exact) mass is 1230 g/mol. The predicted molar refractivity (Wildman–Crippen MR) is 222 cm³/mol. The molecule has 4 aromatic carbocycles. The number of carbonyl (C=O) groups excluding carboxylic acids is 4. The van der Waals surface area contributed by atoms with Crippen molar-refractivity contribution in [1.29, 1.82) is 0 Å². The SMILES string of the molecule is C.CC.CC.CC.CC.CC.CC(=O)N(C)C(C)=O.CC(=O)N(C)C(C)=O.[CH3-].[CH3-].[W+2].[W].[W].c1ccc2ccccc2c1.c1ccc2ccccc2c1. The van der Waals surface area contributed by atoms with Crippen LogP contribution >= 0.6 is 0 Å². The van der Waals surface area contributed by atoms with Crippen molar-refractivity contribution in [3.05, 3.63) is 112 Å². The van der Waals surface area contributed by atoms with Gasteiger partial charge >= 0.3 is 21.1 Å². The van der Waals surface area contributed by atoms with Gasteiger partial charge in [-0.25, -0.2) is 0 Å². The summed E-state index contributed by atoms with van der Waals surface area (Å²) in [6, 6.07) is 33.4. The second-order valence-corrected chi connectivity index (χ2v) is 7.89. The molecule has 0 bridgehead atoms. The van der Waals surface area contributed by atoms with Gasteiger partial charge in [0.05, 0.1) is 0 Å². The van der Waals surface area contributed by atoms with Crippen LogP contribution in [0.4, 0.5) is 0 Å². The van der Waals surface area contributed by atoms with E-state index in [1.807, 2.05) is 69.2 Å². The molecule has 0 aliphatic carbocycles. The average Bonchev–Trinajstić information content (AvgIpc) is 3.12. The number of imide groups is 2. The number of carbonyl (C=O) groups is 4. The molecule has 0 heterocycles. The third kappa shape index (κ3) is 42.2. The molecule has 0 unspecified atom stereocenters. The van der Waals surface area contributed by atoms with Gasteiger partial charge in [0.25, 0.3) is 0 Å². The van der Waals surface area contributed by atoms with Crippen LogP contribution in [-0.2, 0) is 82.4 Å². The van der Waals surface area contributed by atoms with E-state index in [1.54, 1.807) is 0 Å². The Bertz CT molecular complexity index is 1060. The quantitative estimate of drug-likeness (QED) is 0.164. The van der Waals surface area contributed by atoms with E-state index in [2.05, 4.69) is 97.1 Å². The van der Waals surface area contributed by atoms with Crippen LogP contribution in [0.2, 0.25) is 0 Å². The van der Waals surface area contributed by atoms with Crippen molar-refractivity contribution in [2.75, 3.05) is 14.1 Å². The Morgan fingerprint density at radius 3 is 0.519 bits per heavy atom. The summed E-state index contributed by atoms with van der Waals surface area (Å²) in [6.07, 6.45) is 0. The van der Waals surface area contributed by atoms with Gasteiger partial charge in [0.2, 0.25) is 23.6 Å². The molecular formula is C43H74N2O4W3. The maximum atomic E-state index is 10.3. The molecule has 9 heteroatoms. The number of hydrogen-bond donors (Lipinski definition) is 0. The molecule has 0 atom stereocenters. The number of hydrogen-bond acceptors (Lipinski definition) is 4.